The highest BCUT2D eigenvalue weighted by Gasteiger charge is 2.42. The molecular formula is C19H26O. The third-order valence-corrected chi connectivity index (χ3v) is 5.66. The number of hydrogen-bond donors (Lipinski definition) is 0. The number of hydrogen-bond acceptors (Lipinski definition) is 1. The van der Waals surface area contributed by atoms with Crippen molar-refractivity contribution in [3.05, 3.63) is 35.4 Å². The van der Waals surface area contributed by atoms with Crippen LogP contribution in [0.5, 0.6) is 0 Å². The fraction of sp³-hybridized carbons (Fsp3) is 0.632. The van der Waals surface area contributed by atoms with Gasteiger partial charge in [0.1, 0.15) is 5.78 Å². The van der Waals surface area contributed by atoms with Gasteiger partial charge in [-0.05, 0) is 54.6 Å². The summed E-state index contributed by atoms with van der Waals surface area (Å²) in [5.74, 6) is 3.04. The lowest BCUT2D eigenvalue weighted by atomic mass is 9.83. The number of benzene rings is 1. The SMILES string of the molecule is CCC(C)c1cccc(CC(=O)C2CC3CCC2C3)c1. The van der Waals surface area contributed by atoms with E-state index >= 15 is 0 Å². The van der Waals surface area contributed by atoms with Crippen molar-refractivity contribution >= 4 is 5.78 Å². The van der Waals surface area contributed by atoms with Gasteiger partial charge in [-0.2, -0.15) is 0 Å². The highest BCUT2D eigenvalue weighted by molar-refractivity contribution is 5.84. The molecule has 4 atom stereocenters. The molecule has 2 aliphatic rings. The molecule has 3 rings (SSSR count). The van der Waals surface area contributed by atoms with E-state index in [9.17, 15) is 4.79 Å². The van der Waals surface area contributed by atoms with Crippen molar-refractivity contribution in [3.63, 3.8) is 0 Å². The van der Waals surface area contributed by atoms with Gasteiger partial charge in [-0.1, -0.05) is 44.5 Å². The van der Waals surface area contributed by atoms with Crippen LogP contribution < -0.4 is 0 Å². The normalized spacial score (nSPS) is 29.6. The molecule has 1 heteroatoms. The Bertz CT molecular complexity index is 490. The van der Waals surface area contributed by atoms with E-state index in [1.54, 1.807) is 0 Å². The summed E-state index contributed by atoms with van der Waals surface area (Å²) >= 11 is 0. The summed E-state index contributed by atoms with van der Waals surface area (Å²) in [4.78, 5) is 12.6. The molecule has 4 unspecified atom stereocenters. The largest absolute Gasteiger partial charge is 0.299 e. The van der Waals surface area contributed by atoms with Crippen molar-refractivity contribution in [2.75, 3.05) is 0 Å². The number of carbonyl (C=O) groups is 1. The van der Waals surface area contributed by atoms with Crippen LogP contribution in [-0.4, -0.2) is 5.78 Å². The number of rotatable bonds is 5. The first-order chi connectivity index (χ1) is 9.67. The molecular weight excluding hydrogens is 244 g/mol. The van der Waals surface area contributed by atoms with Gasteiger partial charge in [0.25, 0.3) is 0 Å². The first-order valence-corrected chi connectivity index (χ1v) is 8.29. The molecule has 0 heterocycles. The van der Waals surface area contributed by atoms with Gasteiger partial charge >= 0.3 is 0 Å². The zero-order chi connectivity index (χ0) is 14.1. The number of fused-ring (bicyclic) bond motifs is 2. The highest BCUT2D eigenvalue weighted by atomic mass is 16.1. The predicted molar refractivity (Wildman–Crippen MR) is 82.8 cm³/mol. The average Bonchev–Trinajstić information content (AvgIpc) is 3.09. The van der Waals surface area contributed by atoms with Gasteiger partial charge in [-0.25, -0.2) is 0 Å². The second-order valence-corrected chi connectivity index (χ2v) is 6.98. The van der Waals surface area contributed by atoms with Gasteiger partial charge in [-0.15, -0.1) is 0 Å². The minimum atomic E-state index is 0.376. The van der Waals surface area contributed by atoms with Crippen LogP contribution in [0.1, 0.15) is 63.0 Å². The van der Waals surface area contributed by atoms with Crippen molar-refractivity contribution in [1.29, 1.82) is 0 Å². The molecule has 0 saturated heterocycles. The third-order valence-electron chi connectivity index (χ3n) is 5.66. The number of Topliss-reactive ketones (excluding diaryl/α,β-unsaturated/α-hetero) is 1. The molecule has 1 nitrogen and oxygen atoms in total. The van der Waals surface area contributed by atoms with Crippen LogP contribution in [0.25, 0.3) is 0 Å². The summed E-state index contributed by atoms with van der Waals surface area (Å²) in [6, 6.07) is 8.68. The second-order valence-electron chi connectivity index (χ2n) is 6.98. The summed E-state index contributed by atoms with van der Waals surface area (Å²) in [6.07, 6.45) is 6.98. The van der Waals surface area contributed by atoms with Crippen molar-refractivity contribution < 1.29 is 4.79 Å². The van der Waals surface area contributed by atoms with Crippen LogP contribution in [0.3, 0.4) is 0 Å². The lowest BCUT2D eigenvalue weighted by molar-refractivity contribution is -0.123. The molecule has 0 spiro atoms. The van der Waals surface area contributed by atoms with Crippen LogP contribution >= 0.6 is 0 Å². The van der Waals surface area contributed by atoms with Crippen molar-refractivity contribution in [2.45, 2.75) is 58.3 Å². The van der Waals surface area contributed by atoms with E-state index in [4.69, 9.17) is 0 Å². The van der Waals surface area contributed by atoms with Gasteiger partial charge in [0.15, 0.2) is 0 Å². The van der Waals surface area contributed by atoms with E-state index in [1.165, 1.54) is 36.8 Å². The number of ketones is 1. The van der Waals surface area contributed by atoms with Crippen molar-refractivity contribution in [2.24, 2.45) is 17.8 Å². The van der Waals surface area contributed by atoms with Crippen LogP contribution in [0, 0.1) is 17.8 Å². The molecule has 20 heavy (non-hydrogen) atoms. The molecule has 1 aromatic rings. The Morgan fingerprint density at radius 1 is 1.30 bits per heavy atom. The Morgan fingerprint density at radius 2 is 2.15 bits per heavy atom. The van der Waals surface area contributed by atoms with Gasteiger partial charge in [0.05, 0.1) is 0 Å². The molecule has 0 amide bonds. The Morgan fingerprint density at radius 3 is 2.80 bits per heavy atom. The summed E-state index contributed by atoms with van der Waals surface area (Å²) in [5, 5.41) is 0. The molecule has 0 radical (unpaired) electrons. The minimum Gasteiger partial charge on any atom is -0.299 e. The maximum absolute atomic E-state index is 12.6. The molecule has 0 aromatic heterocycles. The fourth-order valence-electron chi connectivity index (χ4n) is 4.22. The van der Waals surface area contributed by atoms with Gasteiger partial charge < -0.3 is 0 Å². The lowest BCUT2D eigenvalue weighted by Gasteiger charge is -2.20. The second kappa shape index (κ2) is 5.71. The maximum atomic E-state index is 12.6. The van der Waals surface area contributed by atoms with Crippen LogP contribution in [0.4, 0.5) is 0 Å². The van der Waals surface area contributed by atoms with E-state index in [2.05, 4.69) is 38.1 Å². The van der Waals surface area contributed by atoms with E-state index in [-0.39, 0.29) is 0 Å². The maximum Gasteiger partial charge on any atom is 0.140 e. The first kappa shape index (κ1) is 13.9. The first-order valence-electron chi connectivity index (χ1n) is 8.29. The molecule has 2 bridgehead atoms. The standard InChI is InChI=1S/C19H26O/c1-3-13(2)16-6-4-5-14(9-16)12-19(20)18-11-15-7-8-17(18)10-15/h4-6,9,13,15,17-18H,3,7-8,10-12H2,1-2H3. The Labute approximate surface area is 122 Å². The fourth-order valence-corrected chi connectivity index (χ4v) is 4.22. The van der Waals surface area contributed by atoms with E-state index in [0.717, 1.165) is 12.3 Å². The Kier molecular flexibility index (Phi) is 3.96. The Balaban J connectivity index is 1.67. The monoisotopic (exact) mass is 270 g/mol. The molecule has 2 fully saturated rings. The quantitative estimate of drug-likeness (QED) is 0.754. The van der Waals surface area contributed by atoms with Gasteiger partial charge in [0, 0.05) is 12.3 Å². The Hall–Kier alpha value is -1.11. The molecule has 2 aliphatic carbocycles. The van der Waals surface area contributed by atoms with Crippen LogP contribution in [0.15, 0.2) is 24.3 Å². The zero-order valence-corrected chi connectivity index (χ0v) is 12.8. The molecule has 1 aromatic carbocycles. The predicted octanol–water partition coefficient (Wildman–Crippen LogP) is 4.75. The highest BCUT2D eigenvalue weighted by Crippen LogP contribution is 2.48. The van der Waals surface area contributed by atoms with Crippen LogP contribution in [0.2, 0.25) is 0 Å². The van der Waals surface area contributed by atoms with Crippen LogP contribution in [-0.2, 0) is 11.2 Å². The smallest absolute Gasteiger partial charge is 0.140 e. The van der Waals surface area contributed by atoms with Crippen molar-refractivity contribution in [1.82, 2.24) is 0 Å². The van der Waals surface area contributed by atoms with E-state index < -0.39 is 0 Å². The topological polar surface area (TPSA) is 17.1 Å². The van der Waals surface area contributed by atoms with Gasteiger partial charge in [0.2, 0.25) is 0 Å². The van der Waals surface area contributed by atoms with E-state index in [1.807, 2.05) is 0 Å². The summed E-state index contributed by atoms with van der Waals surface area (Å²) in [6.45, 7) is 4.48. The summed E-state index contributed by atoms with van der Waals surface area (Å²) in [5.41, 5.74) is 2.60. The molecule has 0 N–H and O–H groups in total. The van der Waals surface area contributed by atoms with Crippen molar-refractivity contribution in [3.8, 4) is 0 Å². The average molecular weight is 270 g/mol. The lowest BCUT2D eigenvalue weighted by Crippen LogP contribution is -2.22. The zero-order valence-electron chi connectivity index (χ0n) is 12.8. The number of carbonyl (C=O) groups excluding carboxylic acids is 1. The molecule has 0 aliphatic heterocycles. The molecule has 2 saturated carbocycles. The minimum absolute atomic E-state index is 0.376. The summed E-state index contributed by atoms with van der Waals surface area (Å²) in [7, 11) is 0. The van der Waals surface area contributed by atoms with E-state index in [0.29, 0.717) is 30.0 Å². The summed E-state index contributed by atoms with van der Waals surface area (Å²) < 4.78 is 0. The molecule has 108 valence electrons. The third kappa shape index (κ3) is 2.68. The van der Waals surface area contributed by atoms with Gasteiger partial charge in [-0.3, -0.25) is 4.79 Å².